The Morgan fingerprint density at radius 3 is 2.33 bits per heavy atom. The minimum Gasteiger partial charge on any atom is -0.329 e. The molecule has 12 heavy (non-hydrogen) atoms. The first-order valence-electron chi connectivity index (χ1n) is 4.79. The Labute approximate surface area is 81.9 Å². The molecule has 1 aliphatic heterocycles. The van der Waals surface area contributed by atoms with Crippen molar-refractivity contribution in [1.29, 1.82) is 0 Å². The summed E-state index contributed by atoms with van der Waals surface area (Å²) in [7, 11) is 0. The Bertz CT molecular complexity index is 101. The molecule has 0 unspecified atom stereocenters. The Morgan fingerprint density at radius 2 is 1.92 bits per heavy atom. The van der Waals surface area contributed by atoms with Gasteiger partial charge in [-0.3, -0.25) is 0 Å². The third-order valence-corrected chi connectivity index (χ3v) is 2.73. The van der Waals surface area contributed by atoms with Crippen molar-refractivity contribution in [2.75, 3.05) is 26.2 Å². The van der Waals surface area contributed by atoms with E-state index in [9.17, 15) is 0 Å². The average molecular weight is 193 g/mol. The van der Waals surface area contributed by atoms with Gasteiger partial charge in [0.2, 0.25) is 0 Å². The number of hydrogen-bond donors (Lipinski definition) is 1. The number of rotatable bonds is 3. The zero-order valence-electron chi connectivity index (χ0n) is 7.96. The Balaban J connectivity index is 0.00000121. The fourth-order valence-corrected chi connectivity index (χ4v) is 1.80. The summed E-state index contributed by atoms with van der Waals surface area (Å²) >= 11 is 0. The van der Waals surface area contributed by atoms with Gasteiger partial charge in [-0.15, -0.1) is 12.4 Å². The first-order valence-corrected chi connectivity index (χ1v) is 4.79. The molecule has 0 saturated carbocycles. The van der Waals surface area contributed by atoms with Crippen LogP contribution in [0.3, 0.4) is 0 Å². The van der Waals surface area contributed by atoms with Gasteiger partial charge in [0.1, 0.15) is 0 Å². The van der Waals surface area contributed by atoms with Gasteiger partial charge in [0, 0.05) is 13.1 Å². The van der Waals surface area contributed by atoms with E-state index in [1.165, 1.54) is 32.4 Å². The van der Waals surface area contributed by atoms with Crippen LogP contribution in [0.5, 0.6) is 0 Å². The van der Waals surface area contributed by atoms with Gasteiger partial charge in [-0.25, -0.2) is 0 Å². The summed E-state index contributed by atoms with van der Waals surface area (Å²) in [6.45, 7) is 6.75. The molecule has 1 rings (SSSR count). The molecule has 0 amide bonds. The second-order valence-corrected chi connectivity index (χ2v) is 3.48. The number of hydrogen-bond acceptors (Lipinski definition) is 2. The SMILES string of the molecule is CCC1CCN(CCN)CC1.Cl. The molecular weight excluding hydrogens is 172 g/mol. The second-order valence-electron chi connectivity index (χ2n) is 3.48. The Morgan fingerprint density at radius 1 is 1.33 bits per heavy atom. The summed E-state index contributed by atoms with van der Waals surface area (Å²) in [4.78, 5) is 2.48. The number of piperidine rings is 1. The van der Waals surface area contributed by atoms with Gasteiger partial charge in [-0.2, -0.15) is 0 Å². The molecule has 1 saturated heterocycles. The maximum atomic E-state index is 5.48. The van der Waals surface area contributed by atoms with E-state index in [0.29, 0.717) is 0 Å². The van der Waals surface area contributed by atoms with Gasteiger partial charge in [0.25, 0.3) is 0 Å². The molecule has 3 heteroatoms. The summed E-state index contributed by atoms with van der Waals surface area (Å²) in [5.74, 6) is 0.990. The van der Waals surface area contributed by atoms with Gasteiger partial charge in [-0.1, -0.05) is 13.3 Å². The maximum absolute atomic E-state index is 5.48. The Kier molecular flexibility index (Phi) is 6.81. The topological polar surface area (TPSA) is 29.3 Å². The van der Waals surface area contributed by atoms with Crippen LogP contribution in [0.2, 0.25) is 0 Å². The van der Waals surface area contributed by atoms with Crippen molar-refractivity contribution in [3.8, 4) is 0 Å². The van der Waals surface area contributed by atoms with Gasteiger partial charge in [0.05, 0.1) is 0 Å². The molecule has 74 valence electrons. The Hall–Kier alpha value is 0.210. The molecule has 0 aromatic carbocycles. The van der Waals surface area contributed by atoms with Crippen molar-refractivity contribution in [2.45, 2.75) is 26.2 Å². The number of halogens is 1. The van der Waals surface area contributed by atoms with E-state index < -0.39 is 0 Å². The van der Waals surface area contributed by atoms with Crippen molar-refractivity contribution in [2.24, 2.45) is 11.7 Å². The maximum Gasteiger partial charge on any atom is 0.0105 e. The lowest BCUT2D eigenvalue weighted by atomic mass is 9.94. The quantitative estimate of drug-likeness (QED) is 0.735. The van der Waals surface area contributed by atoms with Gasteiger partial charge in [-0.05, 0) is 31.8 Å². The van der Waals surface area contributed by atoms with Crippen LogP contribution in [0.15, 0.2) is 0 Å². The van der Waals surface area contributed by atoms with E-state index in [-0.39, 0.29) is 12.4 Å². The third kappa shape index (κ3) is 3.74. The molecular formula is C9H21ClN2. The summed E-state index contributed by atoms with van der Waals surface area (Å²) in [5.41, 5.74) is 5.48. The van der Waals surface area contributed by atoms with Crippen LogP contribution in [0, 0.1) is 5.92 Å². The van der Waals surface area contributed by atoms with Crippen LogP contribution < -0.4 is 5.73 Å². The molecule has 0 aliphatic carbocycles. The molecule has 2 N–H and O–H groups in total. The highest BCUT2D eigenvalue weighted by molar-refractivity contribution is 5.85. The smallest absolute Gasteiger partial charge is 0.0105 e. The molecule has 1 fully saturated rings. The predicted octanol–water partition coefficient (Wildman–Crippen LogP) is 1.49. The first kappa shape index (κ1) is 12.2. The van der Waals surface area contributed by atoms with Crippen LogP contribution in [0.4, 0.5) is 0 Å². The summed E-state index contributed by atoms with van der Waals surface area (Å²) < 4.78 is 0. The highest BCUT2D eigenvalue weighted by Gasteiger charge is 2.16. The molecule has 1 aliphatic rings. The van der Waals surface area contributed by atoms with E-state index in [1.54, 1.807) is 0 Å². The van der Waals surface area contributed by atoms with Crippen molar-refractivity contribution < 1.29 is 0 Å². The normalized spacial score (nSPS) is 20.5. The van der Waals surface area contributed by atoms with Gasteiger partial charge in [0.15, 0.2) is 0 Å². The molecule has 0 aromatic rings. The molecule has 0 aromatic heterocycles. The van der Waals surface area contributed by atoms with Crippen molar-refractivity contribution >= 4 is 12.4 Å². The number of likely N-dealkylation sites (tertiary alicyclic amines) is 1. The molecule has 1 heterocycles. The van der Waals surface area contributed by atoms with E-state index in [1.807, 2.05) is 0 Å². The number of nitrogens with two attached hydrogens (primary N) is 1. The van der Waals surface area contributed by atoms with Crippen LogP contribution in [-0.4, -0.2) is 31.1 Å². The van der Waals surface area contributed by atoms with E-state index >= 15 is 0 Å². The zero-order valence-corrected chi connectivity index (χ0v) is 8.78. The summed E-state index contributed by atoms with van der Waals surface area (Å²) in [6, 6.07) is 0. The van der Waals surface area contributed by atoms with Crippen LogP contribution in [-0.2, 0) is 0 Å². The molecule has 0 spiro atoms. The van der Waals surface area contributed by atoms with Crippen molar-refractivity contribution in [3.05, 3.63) is 0 Å². The average Bonchev–Trinajstić information content (AvgIpc) is 2.07. The largest absolute Gasteiger partial charge is 0.329 e. The second kappa shape index (κ2) is 6.70. The monoisotopic (exact) mass is 192 g/mol. The van der Waals surface area contributed by atoms with Gasteiger partial charge >= 0.3 is 0 Å². The lowest BCUT2D eigenvalue weighted by Gasteiger charge is -2.30. The highest BCUT2D eigenvalue weighted by atomic mass is 35.5. The molecule has 0 bridgehead atoms. The zero-order chi connectivity index (χ0) is 8.10. The fraction of sp³-hybridized carbons (Fsp3) is 1.00. The molecule has 2 nitrogen and oxygen atoms in total. The lowest BCUT2D eigenvalue weighted by Crippen LogP contribution is -2.36. The van der Waals surface area contributed by atoms with E-state index in [4.69, 9.17) is 5.73 Å². The van der Waals surface area contributed by atoms with Gasteiger partial charge < -0.3 is 10.6 Å². The lowest BCUT2D eigenvalue weighted by molar-refractivity contribution is 0.186. The highest BCUT2D eigenvalue weighted by Crippen LogP contribution is 2.19. The number of nitrogens with zero attached hydrogens (tertiary/aromatic N) is 1. The van der Waals surface area contributed by atoms with Crippen LogP contribution in [0.1, 0.15) is 26.2 Å². The van der Waals surface area contributed by atoms with Crippen LogP contribution >= 0.6 is 12.4 Å². The minimum atomic E-state index is 0. The van der Waals surface area contributed by atoms with Crippen LogP contribution in [0.25, 0.3) is 0 Å². The van der Waals surface area contributed by atoms with Crippen molar-refractivity contribution in [1.82, 2.24) is 4.90 Å². The molecule has 0 atom stereocenters. The van der Waals surface area contributed by atoms with Crippen molar-refractivity contribution in [3.63, 3.8) is 0 Å². The first-order chi connectivity index (χ1) is 5.36. The summed E-state index contributed by atoms with van der Waals surface area (Å²) in [6.07, 6.45) is 4.13. The fourth-order valence-electron chi connectivity index (χ4n) is 1.80. The predicted molar refractivity (Wildman–Crippen MR) is 55.8 cm³/mol. The minimum absolute atomic E-state index is 0. The summed E-state index contributed by atoms with van der Waals surface area (Å²) in [5, 5.41) is 0. The third-order valence-electron chi connectivity index (χ3n) is 2.73. The molecule has 0 radical (unpaired) electrons. The van der Waals surface area contributed by atoms with E-state index in [2.05, 4.69) is 11.8 Å². The standard InChI is InChI=1S/C9H20N2.ClH/c1-2-9-3-6-11(7-4-9)8-5-10;/h9H,2-8,10H2,1H3;1H. The van der Waals surface area contributed by atoms with E-state index in [0.717, 1.165) is 19.0 Å².